The zero-order valence-corrected chi connectivity index (χ0v) is 9.73. The summed E-state index contributed by atoms with van der Waals surface area (Å²) >= 11 is 0. The number of aliphatic carboxylic acids is 1. The summed E-state index contributed by atoms with van der Waals surface area (Å²) in [5.74, 6) is -1.06. The summed E-state index contributed by atoms with van der Waals surface area (Å²) in [5.41, 5.74) is 0.00487. The predicted octanol–water partition coefficient (Wildman–Crippen LogP) is 2.32. The van der Waals surface area contributed by atoms with Gasteiger partial charge in [-0.25, -0.2) is 4.79 Å². The van der Waals surface area contributed by atoms with Crippen LogP contribution < -0.4 is 5.32 Å². The number of rotatable bonds is 1. The van der Waals surface area contributed by atoms with Crippen molar-refractivity contribution in [3.05, 3.63) is 72.8 Å². The molecule has 1 aliphatic heterocycles. The minimum absolute atomic E-state index is 0.00487. The summed E-state index contributed by atoms with van der Waals surface area (Å²) in [4.78, 5) is 14.7. The summed E-state index contributed by atoms with van der Waals surface area (Å²) < 4.78 is 0. The van der Waals surface area contributed by atoms with Crippen LogP contribution in [0.15, 0.2) is 77.8 Å². The van der Waals surface area contributed by atoms with Crippen LogP contribution in [0.25, 0.3) is 0 Å². The van der Waals surface area contributed by atoms with Crippen molar-refractivity contribution in [2.45, 2.75) is 0 Å². The van der Waals surface area contributed by atoms with Crippen molar-refractivity contribution in [2.75, 3.05) is 0 Å². The van der Waals surface area contributed by atoms with Gasteiger partial charge in [0.15, 0.2) is 0 Å². The maximum absolute atomic E-state index is 10.9. The normalized spacial score (nSPS) is 15.7. The fourth-order valence-corrected chi connectivity index (χ4v) is 1.01. The van der Waals surface area contributed by atoms with Crippen LogP contribution in [0.3, 0.4) is 0 Å². The average molecular weight is 242 g/mol. The van der Waals surface area contributed by atoms with Crippen molar-refractivity contribution in [1.82, 2.24) is 5.32 Å². The Balaban J connectivity index is 2.86. The van der Waals surface area contributed by atoms with Crippen LogP contribution in [0.2, 0.25) is 0 Å². The lowest BCUT2D eigenvalue weighted by atomic mass is 10.4. The topological polar surface area (TPSA) is 61.7 Å². The highest BCUT2D eigenvalue weighted by molar-refractivity contribution is 5.86. The lowest BCUT2D eigenvalue weighted by Crippen LogP contribution is -2.14. The zero-order chi connectivity index (χ0) is 13.1. The Morgan fingerprint density at radius 2 is 1.50 bits per heavy atom. The molecule has 0 bridgehead atoms. The molecule has 0 aromatic carbocycles. The molecule has 0 aromatic rings. The maximum Gasteiger partial charge on any atom is 0.353 e. The monoisotopic (exact) mass is 242 g/mol. The van der Waals surface area contributed by atoms with Crippen LogP contribution in [0.5, 0.6) is 0 Å². The summed E-state index contributed by atoms with van der Waals surface area (Å²) in [6, 6.07) is 0. The van der Waals surface area contributed by atoms with E-state index in [0.29, 0.717) is 0 Å². The quantitative estimate of drug-likeness (QED) is 0.741. The first-order valence-corrected chi connectivity index (χ1v) is 5.35. The van der Waals surface area contributed by atoms with Gasteiger partial charge in [-0.2, -0.15) is 0 Å². The number of aliphatic imine (C=N–C) groups is 1. The molecule has 0 spiro atoms. The van der Waals surface area contributed by atoms with E-state index in [-0.39, 0.29) is 5.70 Å². The maximum atomic E-state index is 10.9. The standard InChI is InChI=1S/C14H14N2O2/c17-14(18)13-12-15-10-8-6-4-2-1-3-5-7-9-11-16-13/h1-12,16H,(H,17,18). The minimum atomic E-state index is -1.06. The van der Waals surface area contributed by atoms with Crippen LogP contribution >= 0.6 is 0 Å². The second-order valence-corrected chi connectivity index (χ2v) is 3.19. The molecule has 1 aliphatic rings. The molecule has 0 amide bonds. The molecule has 0 fully saturated rings. The Hall–Kier alpha value is -2.62. The van der Waals surface area contributed by atoms with Gasteiger partial charge in [-0.3, -0.25) is 4.99 Å². The zero-order valence-electron chi connectivity index (χ0n) is 9.73. The smallest absolute Gasteiger partial charge is 0.353 e. The number of carbonyl (C=O) groups is 1. The second kappa shape index (κ2) is 8.52. The Bertz CT molecular complexity index is 478. The molecule has 0 saturated carbocycles. The highest BCUT2D eigenvalue weighted by Gasteiger charge is 2.02. The molecule has 0 aromatic heterocycles. The molecule has 0 atom stereocenters. The number of carboxylic acids is 1. The molecule has 18 heavy (non-hydrogen) atoms. The lowest BCUT2D eigenvalue weighted by Gasteiger charge is -1.98. The first kappa shape index (κ1) is 13.4. The van der Waals surface area contributed by atoms with Crippen molar-refractivity contribution in [1.29, 1.82) is 0 Å². The average Bonchev–Trinajstić information content (AvgIpc) is 2.36. The van der Waals surface area contributed by atoms with Crippen LogP contribution in [-0.2, 0) is 4.79 Å². The molecule has 0 radical (unpaired) electrons. The Kier molecular flexibility index (Phi) is 6.37. The van der Waals surface area contributed by atoms with E-state index in [1.807, 2.05) is 30.4 Å². The summed E-state index contributed by atoms with van der Waals surface area (Å²) in [5, 5.41) is 11.5. The molecule has 1 rings (SSSR count). The van der Waals surface area contributed by atoms with Crippen molar-refractivity contribution in [3.63, 3.8) is 0 Å². The van der Waals surface area contributed by atoms with E-state index < -0.39 is 5.97 Å². The molecule has 2 N–H and O–H groups in total. The van der Waals surface area contributed by atoms with E-state index in [2.05, 4.69) is 10.3 Å². The Morgan fingerprint density at radius 1 is 0.944 bits per heavy atom. The van der Waals surface area contributed by atoms with Crippen molar-refractivity contribution < 1.29 is 9.90 Å². The predicted molar refractivity (Wildman–Crippen MR) is 73.0 cm³/mol. The van der Waals surface area contributed by atoms with Gasteiger partial charge in [0.2, 0.25) is 0 Å². The van der Waals surface area contributed by atoms with Gasteiger partial charge < -0.3 is 10.4 Å². The molecular formula is C14H14N2O2. The largest absolute Gasteiger partial charge is 0.477 e. The van der Waals surface area contributed by atoms with Crippen LogP contribution in [-0.4, -0.2) is 17.3 Å². The number of nitrogens with zero attached hydrogens (tertiary/aromatic N) is 1. The summed E-state index contributed by atoms with van der Waals surface area (Å²) in [6.45, 7) is 0. The molecule has 4 nitrogen and oxygen atoms in total. The second-order valence-electron chi connectivity index (χ2n) is 3.19. The first-order valence-electron chi connectivity index (χ1n) is 5.35. The number of allylic oxidation sites excluding steroid dienone is 9. The third-order valence-corrected chi connectivity index (χ3v) is 1.83. The van der Waals surface area contributed by atoms with Crippen molar-refractivity contribution >= 4 is 12.2 Å². The highest BCUT2D eigenvalue weighted by atomic mass is 16.4. The minimum Gasteiger partial charge on any atom is -0.477 e. The van der Waals surface area contributed by atoms with Gasteiger partial charge in [-0.15, -0.1) is 0 Å². The third-order valence-electron chi connectivity index (χ3n) is 1.83. The van der Waals surface area contributed by atoms with E-state index >= 15 is 0 Å². The molecule has 0 aliphatic carbocycles. The lowest BCUT2D eigenvalue weighted by molar-refractivity contribution is -0.133. The van der Waals surface area contributed by atoms with Crippen LogP contribution in [0, 0.1) is 0 Å². The van der Waals surface area contributed by atoms with Gasteiger partial charge in [0.1, 0.15) is 5.70 Å². The van der Waals surface area contributed by atoms with Gasteiger partial charge in [0.25, 0.3) is 0 Å². The van der Waals surface area contributed by atoms with Crippen LogP contribution in [0.1, 0.15) is 0 Å². The molecule has 4 heteroatoms. The van der Waals surface area contributed by atoms with E-state index in [9.17, 15) is 4.79 Å². The molecule has 92 valence electrons. The van der Waals surface area contributed by atoms with Gasteiger partial charge in [0, 0.05) is 12.4 Å². The summed E-state index contributed by atoms with van der Waals surface area (Å²) in [7, 11) is 0. The molecular weight excluding hydrogens is 228 g/mol. The third kappa shape index (κ3) is 6.07. The van der Waals surface area contributed by atoms with E-state index in [1.54, 1.807) is 24.3 Å². The Morgan fingerprint density at radius 3 is 2.11 bits per heavy atom. The first-order chi connectivity index (χ1) is 8.80. The number of carboxylic acid groups (broad SMARTS) is 1. The molecule has 0 saturated heterocycles. The SMILES string of the molecule is O=C(O)C1=CN=CC=CC=CC=CC=CC=CN1. The summed E-state index contributed by atoms with van der Waals surface area (Å²) in [6.07, 6.45) is 20.6. The molecule has 1 heterocycles. The van der Waals surface area contributed by atoms with Crippen LogP contribution in [0.4, 0.5) is 0 Å². The van der Waals surface area contributed by atoms with E-state index in [4.69, 9.17) is 5.11 Å². The fraction of sp³-hybridized carbons (Fsp3) is 0. The van der Waals surface area contributed by atoms with Crippen molar-refractivity contribution in [2.24, 2.45) is 4.99 Å². The number of hydrogen-bond acceptors (Lipinski definition) is 3. The number of nitrogens with one attached hydrogen (secondary N) is 1. The Labute approximate surface area is 106 Å². The van der Waals surface area contributed by atoms with E-state index in [1.165, 1.54) is 18.6 Å². The van der Waals surface area contributed by atoms with Gasteiger partial charge in [0.05, 0.1) is 6.20 Å². The number of hydrogen-bond donors (Lipinski definition) is 2. The van der Waals surface area contributed by atoms with Gasteiger partial charge in [-0.05, 0) is 12.2 Å². The van der Waals surface area contributed by atoms with Crippen molar-refractivity contribution in [3.8, 4) is 0 Å². The fourth-order valence-electron chi connectivity index (χ4n) is 1.01. The van der Waals surface area contributed by atoms with Gasteiger partial charge in [-0.1, -0.05) is 42.5 Å². The molecule has 0 unspecified atom stereocenters. The van der Waals surface area contributed by atoms with E-state index in [0.717, 1.165) is 0 Å². The van der Waals surface area contributed by atoms with Gasteiger partial charge >= 0.3 is 5.97 Å². The highest BCUT2D eigenvalue weighted by Crippen LogP contribution is 1.91.